The van der Waals surface area contributed by atoms with Gasteiger partial charge in [0, 0.05) is 11.6 Å². The van der Waals surface area contributed by atoms with Gasteiger partial charge in [-0.1, -0.05) is 17.7 Å². The second kappa shape index (κ2) is 7.59. The van der Waals surface area contributed by atoms with E-state index in [1.54, 1.807) is 11.3 Å². The number of nitrogens with zero attached hydrogens (tertiary/aromatic N) is 3. The van der Waals surface area contributed by atoms with Crippen LogP contribution in [0.3, 0.4) is 0 Å². The molecule has 0 bridgehead atoms. The van der Waals surface area contributed by atoms with Crippen LogP contribution in [0.1, 0.15) is 5.89 Å². The van der Waals surface area contributed by atoms with Gasteiger partial charge in [-0.15, -0.1) is 21.5 Å². The Morgan fingerprint density at radius 3 is 2.78 bits per heavy atom. The Balaban J connectivity index is 1.46. The minimum absolute atomic E-state index is 0.570. The van der Waals surface area contributed by atoms with Crippen molar-refractivity contribution in [3.63, 3.8) is 0 Å². The molecule has 0 amide bonds. The highest BCUT2D eigenvalue weighted by atomic mass is 35.5. The maximum Gasteiger partial charge on any atom is 0.257 e. The van der Waals surface area contributed by atoms with Crippen molar-refractivity contribution in [2.24, 2.45) is 0 Å². The monoisotopic (exact) mass is 349 g/mol. The van der Waals surface area contributed by atoms with E-state index < -0.39 is 0 Å². The molecule has 120 valence electrons. The maximum atomic E-state index is 5.84. The van der Waals surface area contributed by atoms with Crippen molar-refractivity contribution in [1.82, 2.24) is 15.1 Å². The van der Waals surface area contributed by atoms with Gasteiger partial charge < -0.3 is 9.15 Å². The van der Waals surface area contributed by atoms with Crippen molar-refractivity contribution in [3.05, 3.63) is 52.7 Å². The number of rotatable bonds is 7. The summed E-state index contributed by atoms with van der Waals surface area (Å²) in [5, 5.41) is 10.8. The summed E-state index contributed by atoms with van der Waals surface area (Å²) in [5.74, 6) is 1.98. The van der Waals surface area contributed by atoms with Crippen molar-refractivity contribution >= 4 is 22.9 Å². The molecular formula is C16H16ClN3O2S. The average Bonchev–Trinajstić information content (AvgIpc) is 3.20. The normalized spacial score (nSPS) is 11.1. The highest BCUT2D eigenvalue weighted by molar-refractivity contribution is 7.13. The SMILES string of the molecule is CN(CCOc1ccc(Cl)cc1)Cc1nnc(-c2cccs2)o1. The molecule has 0 aliphatic carbocycles. The second-order valence-corrected chi connectivity index (χ2v) is 6.40. The largest absolute Gasteiger partial charge is 0.492 e. The third-order valence-corrected chi connectivity index (χ3v) is 4.27. The summed E-state index contributed by atoms with van der Waals surface area (Å²) in [6.07, 6.45) is 0. The van der Waals surface area contributed by atoms with E-state index in [1.807, 2.05) is 48.8 Å². The number of ether oxygens (including phenoxy) is 1. The number of hydrogen-bond donors (Lipinski definition) is 0. The van der Waals surface area contributed by atoms with Crippen LogP contribution >= 0.6 is 22.9 Å². The number of thiophene rings is 1. The third kappa shape index (κ3) is 4.54. The molecular weight excluding hydrogens is 334 g/mol. The van der Waals surface area contributed by atoms with Gasteiger partial charge in [0.25, 0.3) is 5.89 Å². The fourth-order valence-corrected chi connectivity index (χ4v) is 2.75. The van der Waals surface area contributed by atoms with Gasteiger partial charge in [-0.3, -0.25) is 4.90 Å². The van der Waals surface area contributed by atoms with Crippen LogP contribution < -0.4 is 4.74 Å². The first kappa shape index (κ1) is 16.0. The molecule has 1 aromatic carbocycles. The van der Waals surface area contributed by atoms with Gasteiger partial charge in [0.05, 0.1) is 11.4 Å². The molecule has 0 aliphatic heterocycles. The van der Waals surface area contributed by atoms with Gasteiger partial charge in [0.15, 0.2) is 0 Å². The lowest BCUT2D eigenvalue weighted by atomic mass is 10.3. The van der Waals surface area contributed by atoms with Crippen LogP contribution in [0.25, 0.3) is 10.8 Å². The van der Waals surface area contributed by atoms with Crippen molar-refractivity contribution in [2.75, 3.05) is 20.2 Å². The summed E-state index contributed by atoms with van der Waals surface area (Å²) >= 11 is 7.42. The average molecular weight is 350 g/mol. The van der Waals surface area contributed by atoms with Crippen molar-refractivity contribution in [3.8, 4) is 16.5 Å². The van der Waals surface area contributed by atoms with Gasteiger partial charge in [-0.2, -0.15) is 0 Å². The quantitative estimate of drug-likeness (QED) is 0.646. The highest BCUT2D eigenvalue weighted by Crippen LogP contribution is 2.23. The minimum Gasteiger partial charge on any atom is -0.492 e. The first-order valence-corrected chi connectivity index (χ1v) is 8.39. The Hall–Kier alpha value is -1.89. The van der Waals surface area contributed by atoms with Gasteiger partial charge in [-0.25, -0.2) is 0 Å². The molecule has 7 heteroatoms. The third-order valence-electron chi connectivity index (χ3n) is 3.16. The van der Waals surface area contributed by atoms with E-state index in [-0.39, 0.29) is 0 Å². The predicted molar refractivity (Wildman–Crippen MR) is 90.9 cm³/mol. The van der Waals surface area contributed by atoms with Gasteiger partial charge in [0.2, 0.25) is 5.89 Å². The number of likely N-dealkylation sites (N-methyl/N-ethyl adjacent to an activating group) is 1. The van der Waals surface area contributed by atoms with E-state index in [0.29, 0.717) is 30.0 Å². The molecule has 3 rings (SSSR count). The summed E-state index contributed by atoms with van der Waals surface area (Å²) in [4.78, 5) is 3.05. The summed E-state index contributed by atoms with van der Waals surface area (Å²) in [6, 6.07) is 11.3. The maximum absolute atomic E-state index is 5.84. The molecule has 0 atom stereocenters. The lowest BCUT2D eigenvalue weighted by Gasteiger charge is -2.14. The molecule has 2 heterocycles. The summed E-state index contributed by atoms with van der Waals surface area (Å²) in [5.41, 5.74) is 0. The molecule has 0 aliphatic rings. The Morgan fingerprint density at radius 1 is 1.22 bits per heavy atom. The zero-order valence-corrected chi connectivity index (χ0v) is 14.2. The molecule has 0 fully saturated rings. The van der Waals surface area contributed by atoms with Crippen LogP contribution in [0, 0.1) is 0 Å². The molecule has 0 saturated carbocycles. The minimum atomic E-state index is 0.570. The Labute approximate surface area is 143 Å². The van der Waals surface area contributed by atoms with E-state index in [0.717, 1.165) is 17.2 Å². The van der Waals surface area contributed by atoms with E-state index in [4.69, 9.17) is 20.8 Å². The van der Waals surface area contributed by atoms with Gasteiger partial charge >= 0.3 is 0 Å². The molecule has 3 aromatic rings. The highest BCUT2D eigenvalue weighted by Gasteiger charge is 2.11. The first-order chi connectivity index (χ1) is 11.2. The van der Waals surface area contributed by atoms with E-state index in [2.05, 4.69) is 15.1 Å². The van der Waals surface area contributed by atoms with Crippen molar-refractivity contribution in [2.45, 2.75) is 6.54 Å². The summed E-state index contributed by atoms with van der Waals surface area (Å²) in [6.45, 7) is 1.91. The number of hydrogen-bond acceptors (Lipinski definition) is 6. The van der Waals surface area contributed by atoms with Crippen LogP contribution in [-0.2, 0) is 6.54 Å². The van der Waals surface area contributed by atoms with E-state index in [1.165, 1.54) is 0 Å². The molecule has 0 N–H and O–H groups in total. The lowest BCUT2D eigenvalue weighted by molar-refractivity contribution is 0.220. The molecule has 0 saturated heterocycles. The Kier molecular flexibility index (Phi) is 5.27. The van der Waals surface area contributed by atoms with Crippen LogP contribution in [0.4, 0.5) is 0 Å². The topological polar surface area (TPSA) is 51.4 Å². The fraction of sp³-hybridized carbons (Fsp3) is 0.250. The number of benzene rings is 1. The summed E-state index contributed by atoms with van der Waals surface area (Å²) < 4.78 is 11.3. The molecule has 0 unspecified atom stereocenters. The smallest absolute Gasteiger partial charge is 0.257 e. The predicted octanol–water partition coefficient (Wildman–Crippen LogP) is 3.96. The van der Waals surface area contributed by atoms with E-state index in [9.17, 15) is 0 Å². The Morgan fingerprint density at radius 2 is 2.04 bits per heavy atom. The number of aromatic nitrogens is 2. The van der Waals surface area contributed by atoms with Crippen molar-refractivity contribution < 1.29 is 9.15 Å². The van der Waals surface area contributed by atoms with Crippen LogP contribution in [0.15, 0.2) is 46.2 Å². The zero-order chi connectivity index (χ0) is 16.1. The molecule has 2 aromatic heterocycles. The van der Waals surface area contributed by atoms with Crippen LogP contribution in [0.5, 0.6) is 5.75 Å². The fourth-order valence-electron chi connectivity index (χ4n) is 1.98. The van der Waals surface area contributed by atoms with Crippen molar-refractivity contribution in [1.29, 1.82) is 0 Å². The van der Waals surface area contributed by atoms with Gasteiger partial charge in [-0.05, 0) is 42.8 Å². The second-order valence-electron chi connectivity index (χ2n) is 5.02. The summed E-state index contributed by atoms with van der Waals surface area (Å²) in [7, 11) is 1.99. The number of halogens is 1. The molecule has 0 spiro atoms. The van der Waals surface area contributed by atoms with Gasteiger partial charge in [0.1, 0.15) is 12.4 Å². The first-order valence-electron chi connectivity index (χ1n) is 7.14. The molecule has 0 radical (unpaired) electrons. The Bertz CT molecular complexity index is 728. The molecule has 5 nitrogen and oxygen atoms in total. The zero-order valence-electron chi connectivity index (χ0n) is 12.6. The standard InChI is InChI=1S/C16H16ClN3O2S/c1-20(8-9-21-13-6-4-12(17)5-7-13)11-15-18-19-16(22-15)14-3-2-10-23-14/h2-7,10H,8-9,11H2,1H3. The van der Waals surface area contributed by atoms with Crippen LogP contribution in [0.2, 0.25) is 5.02 Å². The molecule has 23 heavy (non-hydrogen) atoms. The van der Waals surface area contributed by atoms with E-state index >= 15 is 0 Å². The van der Waals surface area contributed by atoms with Crippen LogP contribution in [-0.4, -0.2) is 35.3 Å². The lowest BCUT2D eigenvalue weighted by Crippen LogP contribution is -2.24.